The first-order valence-corrected chi connectivity index (χ1v) is 11.4. The van der Waals surface area contributed by atoms with Crippen molar-refractivity contribution in [2.45, 2.75) is 30.7 Å². The smallest absolute Gasteiger partial charge is 0.279 e. The van der Waals surface area contributed by atoms with Gasteiger partial charge in [0.25, 0.3) is 11.5 Å². The zero-order valence-corrected chi connectivity index (χ0v) is 17.6. The molecule has 0 saturated heterocycles. The molecule has 0 aliphatic heterocycles. The molecule has 4 rings (SSSR count). The number of thioether (sulfide) groups is 1. The number of para-hydroxylation sites is 1. The lowest BCUT2D eigenvalue weighted by Crippen LogP contribution is -3.08. The van der Waals surface area contributed by atoms with E-state index in [2.05, 4.69) is 15.3 Å². The molecule has 0 spiro atoms. The molecule has 0 radical (unpaired) electrons. The van der Waals surface area contributed by atoms with Gasteiger partial charge in [-0.3, -0.25) is 9.59 Å². The lowest BCUT2D eigenvalue weighted by atomic mass is 10.2. The molecular weight excluding hydrogens is 392 g/mol. The van der Waals surface area contributed by atoms with Crippen LogP contribution in [0.4, 0.5) is 5.69 Å². The van der Waals surface area contributed by atoms with Crippen LogP contribution in [0.3, 0.4) is 0 Å². The second-order valence-electron chi connectivity index (χ2n) is 7.11. The van der Waals surface area contributed by atoms with Gasteiger partial charge in [0.2, 0.25) is 0 Å². The van der Waals surface area contributed by atoms with Crippen LogP contribution in [0.15, 0.2) is 34.0 Å². The molecule has 0 fully saturated rings. The number of quaternary nitrogens is 1. The maximum atomic E-state index is 12.6. The van der Waals surface area contributed by atoms with E-state index < -0.39 is 0 Å². The van der Waals surface area contributed by atoms with Crippen LogP contribution in [0, 0.1) is 0 Å². The number of hydrogen-bond donors (Lipinski definition) is 3. The lowest BCUT2D eigenvalue weighted by Gasteiger charge is -2.14. The number of H-pyrrole nitrogens is 1. The molecule has 2 heterocycles. The van der Waals surface area contributed by atoms with E-state index in [1.807, 2.05) is 37.6 Å². The van der Waals surface area contributed by atoms with Crippen LogP contribution >= 0.6 is 23.1 Å². The number of aromatic amines is 1. The van der Waals surface area contributed by atoms with Crippen LogP contribution < -0.4 is 15.8 Å². The quantitative estimate of drug-likeness (QED) is 0.537. The number of aromatic nitrogens is 2. The highest BCUT2D eigenvalue weighted by Gasteiger charge is 2.22. The SMILES string of the molecule is CSc1ccccc1NC(=O)C[NH+](C)Cc1nc2sc3c(c2c(=O)[nH]1)CCC3. The van der Waals surface area contributed by atoms with E-state index in [-0.39, 0.29) is 11.5 Å². The molecule has 1 atom stereocenters. The number of anilines is 1. The summed E-state index contributed by atoms with van der Waals surface area (Å²) in [6.07, 6.45) is 5.14. The number of benzene rings is 1. The Bertz CT molecular complexity index is 1090. The van der Waals surface area contributed by atoms with E-state index in [4.69, 9.17) is 0 Å². The van der Waals surface area contributed by atoms with E-state index in [1.54, 1.807) is 23.1 Å². The molecule has 28 heavy (non-hydrogen) atoms. The standard InChI is InChI=1S/C20H22N4O2S2/c1-24(11-17(25)21-13-7-3-4-8-15(13)27-2)10-16-22-19(26)18-12-6-5-9-14(12)28-20(18)23-16/h3-4,7-8H,5-6,9-11H2,1-2H3,(H,21,25)(H,22,23,26)/p+1. The predicted octanol–water partition coefficient (Wildman–Crippen LogP) is 1.85. The minimum atomic E-state index is -0.0578. The maximum Gasteiger partial charge on any atom is 0.279 e. The Balaban J connectivity index is 1.44. The Hall–Kier alpha value is -2.16. The van der Waals surface area contributed by atoms with Gasteiger partial charge in [0.05, 0.1) is 18.1 Å². The largest absolute Gasteiger partial charge is 0.323 e. The average Bonchev–Trinajstić information content (AvgIpc) is 3.22. The summed E-state index contributed by atoms with van der Waals surface area (Å²) in [5.74, 6) is 0.574. The summed E-state index contributed by atoms with van der Waals surface area (Å²) in [7, 11) is 1.93. The molecule has 8 heteroatoms. The summed E-state index contributed by atoms with van der Waals surface area (Å²) in [5.41, 5.74) is 1.97. The zero-order chi connectivity index (χ0) is 19.7. The Morgan fingerprint density at radius 1 is 1.36 bits per heavy atom. The van der Waals surface area contributed by atoms with E-state index in [0.29, 0.717) is 18.9 Å². The number of likely N-dealkylation sites (N-methyl/N-ethyl adjacent to an activating group) is 1. The number of aryl methyl sites for hydroxylation is 2. The third-order valence-electron chi connectivity index (χ3n) is 4.94. The Morgan fingerprint density at radius 2 is 2.18 bits per heavy atom. The van der Waals surface area contributed by atoms with Crippen LogP contribution in [0.5, 0.6) is 0 Å². The Kier molecular flexibility index (Phi) is 5.52. The van der Waals surface area contributed by atoms with Crippen molar-refractivity contribution < 1.29 is 9.69 Å². The summed E-state index contributed by atoms with van der Waals surface area (Å²) < 4.78 is 0. The van der Waals surface area contributed by atoms with E-state index in [0.717, 1.165) is 45.0 Å². The molecule has 1 aromatic carbocycles. The van der Waals surface area contributed by atoms with Crippen molar-refractivity contribution in [3.8, 4) is 0 Å². The number of amides is 1. The van der Waals surface area contributed by atoms with Crippen molar-refractivity contribution in [3.05, 3.63) is 50.9 Å². The van der Waals surface area contributed by atoms with Gasteiger partial charge in [-0.2, -0.15) is 0 Å². The van der Waals surface area contributed by atoms with Gasteiger partial charge in [-0.15, -0.1) is 23.1 Å². The molecule has 0 saturated carbocycles. The van der Waals surface area contributed by atoms with Crippen molar-refractivity contribution in [1.82, 2.24) is 9.97 Å². The van der Waals surface area contributed by atoms with E-state index >= 15 is 0 Å². The maximum absolute atomic E-state index is 12.6. The van der Waals surface area contributed by atoms with Crippen molar-refractivity contribution in [2.24, 2.45) is 0 Å². The number of hydrogen-bond acceptors (Lipinski definition) is 5. The molecule has 1 unspecified atom stereocenters. The molecular formula is C20H23N4O2S2+. The van der Waals surface area contributed by atoms with Crippen molar-refractivity contribution >= 4 is 44.9 Å². The van der Waals surface area contributed by atoms with Crippen LogP contribution in [0.2, 0.25) is 0 Å². The van der Waals surface area contributed by atoms with Gasteiger partial charge < -0.3 is 15.2 Å². The van der Waals surface area contributed by atoms with Crippen LogP contribution in [0.1, 0.15) is 22.7 Å². The minimum absolute atomic E-state index is 0.0504. The first-order chi connectivity index (χ1) is 13.5. The van der Waals surface area contributed by atoms with Crippen molar-refractivity contribution in [1.29, 1.82) is 0 Å². The number of nitrogens with zero attached hydrogens (tertiary/aromatic N) is 1. The number of fused-ring (bicyclic) bond motifs is 3. The molecule has 0 bridgehead atoms. The van der Waals surface area contributed by atoms with Gasteiger partial charge in [-0.1, -0.05) is 12.1 Å². The lowest BCUT2D eigenvalue weighted by molar-refractivity contribution is -0.885. The normalized spacial score (nSPS) is 14.2. The Labute approximate surface area is 171 Å². The summed E-state index contributed by atoms with van der Waals surface area (Å²) in [4.78, 5) is 36.7. The number of thiophene rings is 1. The third-order valence-corrected chi connectivity index (χ3v) is 6.92. The predicted molar refractivity (Wildman–Crippen MR) is 115 cm³/mol. The molecule has 6 nitrogen and oxygen atoms in total. The molecule has 2 aromatic heterocycles. The fraction of sp³-hybridized carbons (Fsp3) is 0.350. The van der Waals surface area contributed by atoms with Crippen LogP contribution in [-0.2, 0) is 24.2 Å². The summed E-state index contributed by atoms with van der Waals surface area (Å²) in [5, 5.41) is 3.74. The van der Waals surface area contributed by atoms with E-state index in [1.165, 1.54) is 10.4 Å². The first-order valence-electron chi connectivity index (χ1n) is 9.32. The molecule has 146 valence electrons. The monoisotopic (exact) mass is 415 g/mol. The highest BCUT2D eigenvalue weighted by Crippen LogP contribution is 2.34. The topological polar surface area (TPSA) is 79.3 Å². The second kappa shape index (κ2) is 8.06. The van der Waals surface area contributed by atoms with Gasteiger partial charge in [-0.05, 0) is 43.2 Å². The molecule has 1 aliphatic rings. The fourth-order valence-corrected chi connectivity index (χ4v) is 5.53. The number of carbonyl (C=O) groups is 1. The van der Waals surface area contributed by atoms with Gasteiger partial charge in [0, 0.05) is 9.77 Å². The average molecular weight is 416 g/mol. The molecule has 1 amide bonds. The van der Waals surface area contributed by atoms with Crippen molar-refractivity contribution in [3.63, 3.8) is 0 Å². The number of rotatable bonds is 6. The van der Waals surface area contributed by atoms with Gasteiger partial charge >= 0.3 is 0 Å². The van der Waals surface area contributed by atoms with E-state index in [9.17, 15) is 9.59 Å². The van der Waals surface area contributed by atoms with Gasteiger partial charge in [0.15, 0.2) is 12.4 Å². The molecule has 3 aromatic rings. The third kappa shape index (κ3) is 3.85. The summed E-state index contributed by atoms with van der Waals surface area (Å²) >= 11 is 3.24. The number of carbonyl (C=O) groups excluding carboxylic acids is 1. The Morgan fingerprint density at radius 3 is 3.00 bits per heavy atom. The highest BCUT2D eigenvalue weighted by molar-refractivity contribution is 7.98. The zero-order valence-electron chi connectivity index (χ0n) is 15.9. The van der Waals surface area contributed by atoms with Gasteiger partial charge in [0.1, 0.15) is 11.4 Å². The summed E-state index contributed by atoms with van der Waals surface area (Å²) in [6, 6.07) is 7.76. The van der Waals surface area contributed by atoms with Crippen LogP contribution in [-0.4, -0.2) is 35.7 Å². The minimum Gasteiger partial charge on any atom is -0.323 e. The van der Waals surface area contributed by atoms with Crippen LogP contribution in [0.25, 0.3) is 10.2 Å². The fourth-order valence-electron chi connectivity index (χ4n) is 3.70. The summed E-state index contributed by atoms with van der Waals surface area (Å²) in [6.45, 7) is 0.788. The van der Waals surface area contributed by atoms with Gasteiger partial charge in [-0.25, -0.2) is 4.98 Å². The molecule has 1 aliphatic carbocycles. The number of nitrogens with one attached hydrogen (secondary N) is 3. The van der Waals surface area contributed by atoms with Crippen molar-refractivity contribution in [2.75, 3.05) is 25.2 Å². The first kappa shape index (κ1) is 19.2. The highest BCUT2D eigenvalue weighted by atomic mass is 32.2. The molecule has 3 N–H and O–H groups in total. The second-order valence-corrected chi connectivity index (χ2v) is 9.04.